The predicted molar refractivity (Wildman–Crippen MR) is 88.3 cm³/mol. The van der Waals surface area contributed by atoms with Gasteiger partial charge in [0.05, 0.1) is 6.10 Å². The summed E-state index contributed by atoms with van der Waals surface area (Å²) in [5.74, 6) is -0.229. The molecule has 0 bridgehead atoms. The fourth-order valence-corrected chi connectivity index (χ4v) is 2.71. The highest BCUT2D eigenvalue weighted by atomic mass is 16.6. The summed E-state index contributed by atoms with van der Waals surface area (Å²) in [6.07, 6.45) is -0.0815. The number of hydrogen-bond acceptors (Lipinski definition) is 4. The number of fused-ring (bicyclic) bond motifs is 1. The van der Waals surface area contributed by atoms with E-state index in [1.165, 1.54) is 0 Å². The summed E-state index contributed by atoms with van der Waals surface area (Å²) in [6.45, 7) is 4.50. The number of nitro groups is 1. The topological polar surface area (TPSA) is 65.5 Å². The Morgan fingerprint density at radius 3 is 2.61 bits per heavy atom. The molecule has 0 aliphatic heterocycles. The minimum Gasteiger partial charge on any atom is -0.400 e. The van der Waals surface area contributed by atoms with Crippen LogP contribution in [0.5, 0.6) is 0 Å². The molecular weight excluding hydrogens is 294 g/mol. The van der Waals surface area contributed by atoms with E-state index >= 15 is 0 Å². The molecule has 0 aliphatic carbocycles. The summed E-state index contributed by atoms with van der Waals surface area (Å²) in [4.78, 5) is 10.9. The highest BCUT2D eigenvalue weighted by molar-refractivity contribution is 5.99. The number of hydrogen-bond donors (Lipinski definition) is 0. The molecule has 0 N–H and O–H groups in total. The summed E-state index contributed by atoms with van der Waals surface area (Å²) >= 11 is 0. The van der Waals surface area contributed by atoms with Crippen molar-refractivity contribution in [1.29, 1.82) is 0 Å². The summed E-state index contributed by atoms with van der Waals surface area (Å²) in [6, 6.07) is 14.8. The highest BCUT2D eigenvalue weighted by Crippen LogP contribution is 2.40. The molecule has 1 aromatic heterocycles. The van der Waals surface area contributed by atoms with Gasteiger partial charge in [0, 0.05) is 12.0 Å². The van der Waals surface area contributed by atoms with Crippen molar-refractivity contribution in [2.45, 2.75) is 20.0 Å². The van der Waals surface area contributed by atoms with Crippen LogP contribution in [0.15, 0.2) is 52.9 Å². The van der Waals surface area contributed by atoms with Gasteiger partial charge in [-0.25, -0.2) is 0 Å². The largest absolute Gasteiger partial charge is 0.442 e. The summed E-state index contributed by atoms with van der Waals surface area (Å²) in [5, 5.41) is 12.1. The molecule has 0 saturated carbocycles. The van der Waals surface area contributed by atoms with E-state index in [-0.39, 0.29) is 12.0 Å². The third-order valence-corrected chi connectivity index (χ3v) is 3.81. The molecule has 2 aromatic carbocycles. The lowest BCUT2D eigenvalue weighted by Crippen LogP contribution is -1.98. The van der Waals surface area contributed by atoms with Gasteiger partial charge in [0.15, 0.2) is 0 Å². The fraction of sp³-hybridized carbons (Fsp3) is 0.222. The smallest absolute Gasteiger partial charge is 0.400 e. The van der Waals surface area contributed by atoms with Crippen molar-refractivity contribution in [1.82, 2.24) is 0 Å². The molecule has 0 amide bonds. The number of ether oxygens (including phenoxy) is 1. The molecule has 0 saturated heterocycles. The van der Waals surface area contributed by atoms with E-state index in [0.717, 1.165) is 16.5 Å². The Hall–Kier alpha value is -2.66. The molecule has 1 heterocycles. The first-order valence-electron chi connectivity index (χ1n) is 7.49. The Morgan fingerprint density at radius 1 is 1.22 bits per heavy atom. The zero-order valence-corrected chi connectivity index (χ0v) is 13.0. The van der Waals surface area contributed by atoms with Crippen molar-refractivity contribution < 1.29 is 14.1 Å². The lowest BCUT2D eigenvalue weighted by molar-refractivity contribution is -0.400. The van der Waals surface area contributed by atoms with Crippen LogP contribution in [-0.4, -0.2) is 11.5 Å². The van der Waals surface area contributed by atoms with Crippen molar-refractivity contribution >= 4 is 16.9 Å². The van der Waals surface area contributed by atoms with Crippen molar-refractivity contribution in [3.8, 4) is 11.1 Å². The van der Waals surface area contributed by atoms with Crippen LogP contribution in [-0.2, 0) is 4.74 Å². The van der Waals surface area contributed by atoms with Gasteiger partial charge in [0.1, 0.15) is 16.1 Å². The van der Waals surface area contributed by atoms with Crippen LogP contribution in [0.25, 0.3) is 22.1 Å². The van der Waals surface area contributed by atoms with Crippen molar-refractivity contribution in [3.05, 3.63) is 64.2 Å². The summed E-state index contributed by atoms with van der Waals surface area (Å²) in [7, 11) is 0. The van der Waals surface area contributed by atoms with E-state index in [1.807, 2.05) is 56.3 Å². The molecule has 23 heavy (non-hydrogen) atoms. The quantitative estimate of drug-likeness (QED) is 0.485. The van der Waals surface area contributed by atoms with E-state index in [2.05, 4.69) is 0 Å². The van der Waals surface area contributed by atoms with Crippen molar-refractivity contribution in [3.63, 3.8) is 0 Å². The van der Waals surface area contributed by atoms with Crippen LogP contribution < -0.4 is 0 Å². The van der Waals surface area contributed by atoms with Gasteiger partial charge >= 0.3 is 5.88 Å². The maximum absolute atomic E-state index is 11.4. The molecule has 5 heteroatoms. The molecule has 1 unspecified atom stereocenters. The second kappa shape index (κ2) is 6.22. The first-order chi connectivity index (χ1) is 11.1. The fourth-order valence-electron chi connectivity index (χ4n) is 2.71. The van der Waals surface area contributed by atoms with Crippen LogP contribution in [0.2, 0.25) is 0 Å². The van der Waals surface area contributed by atoms with Gasteiger partial charge in [-0.2, -0.15) is 0 Å². The number of furan rings is 1. The SMILES string of the molecule is CCOC(C)c1ccc2oc([N+](=O)[O-])c(-c3ccccc3)c2c1. The monoisotopic (exact) mass is 311 g/mol. The molecular formula is C18H17NO4. The van der Waals surface area contributed by atoms with Gasteiger partial charge in [-0.1, -0.05) is 36.4 Å². The molecule has 1 atom stereocenters. The van der Waals surface area contributed by atoms with Crippen LogP contribution in [0.1, 0.15) is 25.5 Å². The van der Waals surface area contributed by atoms with Crippen LogP contribution in [0.4, 0.5) is 5.88 Å². The van der Waals surface area contributed by atoms with E-state index in [9.17, 15) is 10.1 Å². The maximum Gasteiger partial charge on any atom is 0.442 e. The minimum atomic E-state index is -0.478. The van der Waals surface area contributed by atoms with E-state index in [1.54, 1.807) is 6.07 Å². The van der Waals surface area contributed by atoms with Gasteiger partial charge in [-0.3, -0.25) is 10.1 Å². The normalized spacial score (nSPS) is 12.4. The molecule has 3 aromatic rings. The zero-order chi connectivity index (χ0) is 16.4. The lowest BCUT2D eigenvalue weighted by Gasteiger charge is -2.11. The molecule has 3 rings (SSSR count). The summed E-state index contributed by atoms with van der Waals surface area (Å²) in [5.41, 5.74) is 2.74. The lowest BCUT2D eigenvalue weighted by atomic mass is 10.0. The third-order valence-electron chi connectivity index (χ3n) is 3.81. The highest BCUT2D eigenvalue weighted by Gasteiger charge is 2.25. The van der Waals surface area contributed by atoms with E-state index in [0.29, 0.717) is 17.8 Å². The van der Waals surface area contributed by atoms with Gasteiger partial charge in [0.2, 0.25) is 0 Å². The minimum absolute atomic E-state index is 0.0815. The van der Waals surface area contributed by atoms with E-state index in [4.69, 9.17) is 9.15 Å². The Labute approximate surface area is 133 Å². The molecule has 0 radical (unpaired) electrons. The maximum atomic E-state index is 11.4. The summed E-state index contributed by atoms with van der Waals surface area (Å²) < 4.78 is 11.1. The van der Waals surface area contributed by atoms with Crippen molar-refractivity contribution in [2.75, 3.05) is 6.61 Å². The van der Waals surface area contributed by atoms with Crippen LogP contribution >= 0.6 is 0 Å². The predicted octanol–water partition coefficient (Wildman–Crippen LogP) is 5.11. The Morgan fingerprint density at radius 2 is 1.96 bits per heavy atom. The Kier molecular flexibility index (Phi) is 4.12. The number of nitrogens with zero attached hydrogens (tertiary/aromatic N) is 1. The number of benzene rings is 2. The van der Waals surface area contributed by atoms with Crippen molar-refractivity contribution in [2.24, 2.45) is 0 Å². The zero-order valence-electron chi connectivity index (χ0n) is 13.0. The average Bonchev–Trinajstić information content (AvgIpc) is 2.94. The van der Waals surface area contributed by atoms with Gasteiger partial charge in [0.25, 0.3) is 0 Å². The molecule has 0 aliphatic rings. The average molecular weight is 311 g/mol. The van der Waals surface area contributed by atoms with E-state index < -0.39 is 4.92 Å². The molecule has 118 valence electrons. The Balaban J connectivity index is 2.23. The van der Waals surface area contributed by atoms with Gasteiger partial charge in [-0.05, 0) is 37.1 Å². The molecule has 5 nitrogen and oxygen atoms in total. The van der Waals surface area contributed by atoms with Gasteiger partial charge < -0.3 is 9.15 Å². The molecule has 0 fully saturated rings. The first kappa shape index (κ1) is 15.2. The third kappa shape index (κ3) is 2.83. The van der Waals surface area contributed by atoms with Gasteiger partial charge in [-0.15, -0.1) is 0 Å². The molecule has 0 spiro atoms. The van der Waals surface area contributed by atoms with Crippen LogP contribution in [0, 0.1) is 10.1 Å². The first-order valence-corrected chi connectivity index (χ1v) is 7.49. The van der Waals surface area contributed by atoms with Crippen LogP contribution in [0.3, 0.4) is 0 Å². The number of rotatable bonds is 5. The standard InChI is InChI=1S/C18H17NO4/c1-3-22-12(2)14-9-10-16-15(11-14)17(18(23-16)19(20)21)13-7-5-4-6-8-13/h4-12H,3H2,1-2H3. The second-order valence-electron chi connectivity index (χ2n) is 5.26. The Bertz CT molecular complexity index is 839. The second-order valence-corrected chi connectivity index (χ2v) is 5.26.